The number of carbonyl (C=O) groups is 1. The van der Waals surface area contributed by atoms with E-state index in [-0.39, 0.29) is 11.4 Å². The number of ether oxygens (including phenoxy) is 2. The van der Waals surface area contributed by atoms with Gasteiger partial charge in [0.2, 0.25) is 5.88 Å². The molecule has 0 aromatic carbocycles. The van der Waals surface area contributed by atoms with Crippen LogP contribution >= 0.6 is 0 Å². The van der Waals surface area contributed by atoms with Gasteiger partial charge in [-0.1, -0.05) is 0 Å². The quantitative estimate of drug-likeness (QED) is 0.765. The van der Waals surface area contributed by atoms with Gasteiger partial charge in [-0.25, -0.2) is 14.8 Å². The molecule has 0 saturated carbocycles. The van der Waals surface area contributed by atoms with Crippen molar-refractivity contribution in [2.75, 3.05) is 20.0 Å². The van der Waals surface area contributed by atoms with Crippen LogP contribution in [0.25, 0.3) is 5.82 Å². The Morgan fingerprint density at radius 1 is 1.39 bits per heavy atom. The Morgan fingerprint density at radius 2 is 2.17 bits per heavy atom. The second kappa shape index (κ2) is 4.70. The van der Waals surface area contributed by atoms with E-state index in [0.29, 0.717) is 11.7 Å². The molecule has 8 nitrogen and oxygen atoms in total. The Labute approximate surface area is 102 Å². The lowest BCUT2D eigenvalue weighted by atomic mass is 10.3. The van der Waals surface area contributed by atoms with Crippen LogP contribution in [0.5, 0.6) is 5.88 Å². The van der Waals surface area contributed by atoms with Gasteiger partial charge >= 0.3 is 5.97 Å². The summed E-state index contributed by atoms with van der Waals surface area (Å²) in [5.41, 5.74) is 5.98. The second-order valence-electron chi connectivity index (χ2n) is 3.27. The summed E-state index contributed by atoms with van der Waals surface area (Å²) in [6, 6.07) is 1.55. The molecule has 2 rings (SSSR count). The summed E-state index contributed by atoms with van der Waals surface area (Å²) in [6.45, 7) is 0. The highest BCUT2D eigenvalue weighted by Crippen LogP contribution is 2.18. The van der Waals surface area contributed by atoms with Crippen LogP contribution in [0.4, 0.5) is 5.82 Å². The van der Waals surface area contributed by atoms with Crippen molar-refractivity contribution in [3.63, 3.8) is 0 Å². The highest BCUT2D eigenvalue weighted by atomic mass is 16.5. The van der Waals surface area contributed by atoms with Crippen LogP contribution in [-0.4, -0.2) is 39.9 Å². The molecule has 2 aromatic rings. The van der Waals surface area contributed by atoms with Gasteiger partial charge < -0.3 is 15.2 Å². The number of aromatic nitrogens is 4. The normalized spacial score (nSPS) is 10.1. The van der Waals surface area contributed by atoms with Gasteiger partial charge in [-0.2, -0.15) is 9.78 Å². The van der Waals surface area contributed by atoms with Crippen molar-refractivity contribution in [3.05, 3.63) is 24.2 Å². The summed E-state index contributed by atoms with van der Waals surface area (Å²) in [6.07, 6.45) is 2.63. The van der Waals surface area contributed by atoms with Crippen LogP contribution in [-0.2, 0) is 4.74 Å². The van der Waals surface area contributed by atoms with Gasteiger partial charge in [0.05, 0.1) is 20.4 Å². The fourth-order valence-corrected chi connectivity index (χ4v) is 1.37. The Kier molecular flexibility index (Phi) is 3.09. The Balaban J connectivity index is 2.45. The van der Waals surface area contributed by atoms with Crippen molar-refractivity contribution >= 4 is 11.8 Å². The Hall–Kier alpha value is -2.64. The van der Waals surface area contributed by atoms with E-state index < -0.39 is 5.97 Å². The van der Waals surface area contributed by atoms with Crippen molar-refractivity contribution in [3.8, 4) is 11.7 Å². The van der Waals surface area contributed by atoms with Gasteiger partial charge in [-0.3, -0.25) is 0 Å². The van der Waals surface area contributed by atoms with E-state index in [1.807, 2.05) is 0 Å². The molecule has 0 amide bonds. The minimum Gasteiger partial charge on any atom is -0.481 e. The third kappa shape index (κ3) is 1.95. The number of rotatable bonds is 3. The van der Waals surface area contributed by atoms with Gasteiger partial charge in [0.1, 0.15) is 17.7 Å². The van der Waals surface area contributed by atoms with E-state index in [4.69, 9.17) is 10.5 Å². The zero-order valence-corrected chi connectivity index (χ0v) is 9.82. The predicted molar refractivity (Wildman–Crippen MR) is 61.5 cm³/mol. The number of hydrogen-bond acceptors (Lipinski definition) is 7. The lowest BCUT2D eigenvalue weighted by molar-refractivity contribution is 0.0602. The Bertz CT molecular complexity index is 581. The maximum absolute atomic E-state index is 11.4. The molecule has 0 atom stereocenters. The number of anilines is 1. The second-order valence-corrected chi connectivity index (χ2v) is 3.27. The van der Waals surface area contributed by atoms with Gasteiger partial charge in [-0.05, 0) is 0 Å². The van der Waals surface area contributed by atoms with Crippen LogP contribution in [0, 0.1) is 0 Å². The molecule has 0 fully saturated rings. The molecule has 2 N–H and O–H groups in total. The molecule has 8 heteroatoms. The summed E-state index contributed by atoms with van der Waals surface area (Å²) in [4.78, 5) is 19.2. The number of nitrogens with two attached hydrogens (primary N) is 1. The van der Waals surface area contributed by atoms with Gasteiger partial charge in [0, 0.05) is 6.07 Å². The van der Waals surface area contributed by atoms with Crippen LogP contribution in [0.3, 0.4) is 0 Å². The lowest BCUT2D eigenvalue weighted by Gasteiger charge is -2.04. The lowest BCUT2D eigenvalue weighted by Crippen LogP contribution is -2.08. The molecule has 94 valence electrons. The third-order valence-corrected chi connectivity index (χ3v) is 2.27. The molecular weight excluding hydrogens is 238 g/mol. The monoisotopic (exact) mass is 249 g/mol. The molecule has 18 heavy (non-hydrogen) atoms. The molecule has 0 aliphatic carbocycles. The smallest absolute Gasteiger partial charge is 0.343 e. The zero-order valence-electron chi connectivity index (χ0n) is 9.82. The highest BCUT2D eigenvalue weighted by molar-refractivity contribution is 5.94. The van der Waals surface area contributed by atoms with Crippen LogP contribution in [0.1, 0.15) is 10.4 Å². The van der Waals surface area contributed by atoms with E-state index in [1.54, 1.807) is 6.07 Å². The third-order valence-electron chi connectivity index (χ3n) is 2.27. The maximum Gasteiger partial charge on any atom is 0.343 e. The standard InChI is InChI=1S/C10H11N5O3/c1-17-8-3-7(12-5-13-8)15-9(11)6(4-14-15)10(16)18-2/h3-5H,11H2,1-2H3. The first-order valence-corrected chi connectivity index (χ1v) is 4.95. The molecular formula is C10H11N5O3. The SMILES string of the molecule is COC(=O)c1cnn(-c2cc(OC)ncn2)c1N. The number of nitrogens with zero attached hydrogens (tertiary/aromatic N) is 4. The van der Waals surface area contributed by atoms with Crippen LogP contribution < -0.4 is 10.5 Å². The minimum atomic E-state index is -0.556. The topological polar surface area (TPSA) is 105 Å². The maximum atomic E-state index is 11.4. The number of carbonyl (C=O) groups excluding carboxylic acids is 1. The van der Waals surface area contributed by atoms with E-state index in [9.17, 15) is 4.79 Å². The van der Waals surface area contributed by atoms with Crippen molar-refractivity contribution in [1.82, 2.24) is 19.7 Å². The van der Waals surface area contributed by atoms with Gasteiger partial charge in [0.25, 0.3) is 0 Å². The van der Waals surface area contributed by atoms with Crippen LogP contribution in [0.2, 0.25) is 0 Å². The first kappa shape index (κ1) is 11.8. The van der Waals surface area contributed by atoms with Crippen molar-refractivity contribution in [1.29, 1.82) is 0 Å². The van der Waals surface area contributed by atoms with E-state index in [0.717, 1.165) is 0 Å². The van der Waals surface area contributed by atoms with Gasteiger partial charge in [0.15, 0.2) is 5.82 Å². The van der Waals surface area contributed by atoms with Crippen LogP contribution in [0.15, 0.2) is 18.6 Å². The number of esters is 1. The number of nitrogen functional groups attached to an aromatic ring is 1. The highest BCUT2D eigenvalue weighted by Gasteiger charge is 2.17. The summed E-state index contributed by atoms with van der Waals surface area (Å²) >= 11 is 0. The molecule has 0 aliphatic rings. The molecule has 0 aliphatic heterocycles. The summed E-state index contributed by atoms with van der Waals surface area (Å²) in [5, 5.41) is 3.98. The van der Waals surface area contributed by atoms with E-state index >= 15 is 0 Å². The summed E-state index contributed by atoms with van der Waals surface area (Å²) < 4.78 is 10.9. The fourth-order valence-electron chi connectivity index (χ4n) is 1.37. The van der Waals surface area contributed by atoms with Gasteiger partial charge in [-0.15, -0.1) is 0 Å². The average Bonchev–Trinajstić information content (AvgIpc) is 2.80. The van der Waals surface area contributed by atoms with Crippen molar-refractivity contribution < 1.29 is 14.3 Å². The first-order valence-electron chi connectivity index (χ1n) is 4.95. The molecule has 2 aromatic heterocycles. The molecule has 0 unspecified atom stereocenters. The molecule has 0 radical (unpaired) electrons. The first-order chi connectivity index (χ1) is 8.67. The largest absolute Gasteiger partial charge is 0.481 e. The number of hydrogen-bond donors (Lipinski definition) is 1. The Morgan fingerprint density at radius 3 is 2.83 bits per heavy atom. The molecule has 0 bridgehead atoms. The summed E-state index contributed by atoms with van der Waals surface area (Å²) in [5.74, 6) is 0.353. The average molecular weight is 249 g/mol. The molecule has 2 heterocycles. The number of methoxy groups -OCH3 is 2. The van der Waals surface area contributed by atoms with E-state index in [2.05, 4.69) is 19.8 Å². The van der Waals surface area contributed by atoms with E-state index in [1.165, 1.54) is 31.4 Å². The summed E-state index contributed by atoms with van der Waals surface area (Å²) in [7, 11) is 2.76. The van der Waals surface area contributed by atoms with Crippen molar-refractivity contribution in [2.24, 2.45) is 0 Å². The molecule has 0 saturated heterocycles. The minimum absolute atomic E-state index is 0.141. The predicted octanol–water partition coefficient (Wildman–Crippen LogP) is 0.0397. The zero-order chi connectivity index (χ0) is 13.1. The van der Waals surface area contributed by atoms with Crippen molar-refractivity contribution in [2.45, 2.75) is 0 Å². The fraction of sp³-hybridized carbons (Fsp3) is 0.200. The molecule has 0 spiro atoms.